The van der Waals surface area contributed by atoms with Crippen LogP contribution in [0, 0.1) is 17.0 Å². The van der Waals surface area contributed by atoms with Gasteiger partial charge in [-0.1, -0.05) is 24.3 Å². The predicted octanol–water partition coefficient (Wildman–Crippen LogP) is 2.96. The molecule has 156 valence electrons. The molecule has 1 saturated heterocycles. The van der Waals surface area contributed by atoms with E-state index in [9.17, 15) is 18.5 Å². The van der Waals surface area contributed by atoms with Crippen molar-refractivity contribution in [3.63, 3.8) is 0 Å². The van der Waals surface area contributed by atoms with Gasteiger partial charge in [-0.25, -0.2) is 8.42 Å². The van der Waals surface area contributed by atoms with E-state index in [-0.39, 0.29) is 10.6 Å². The average molecular weight is 426 g/mol. The molecule has 0 saturated carbocycles. The molecule has 2 aromatic carbocycles. The van der Waals surface area contributed by atoms with E-state index < -0.39 is 14.9 Å². The standard InChI is InChI=1S/C21H22N4O4S/c1-16-13-18-3-2-4-20(21(18)22-14-16)30(28,29)24-11-9-23(10-12-24)15-17-5-7-19(8-6-17)25(26)27/h2-8,13-14H,9-12,15H2,1H3. The molecule has 9 heteroatoms. The molecule has 8 nitrogen and oxygen atoms in total. The van der Waals surface area contributed by atoms with Gasteiger partial charge in [-0.15, -0.1) is 0 Å². The van der Waals surface area contributed by atoms with E-state index in [1.807, 2.05) is 19.1 Å². The number of piperazine rings is 1. The topological polar surface area (TPSA) is 96.7 Å². The molecule has 0 radical (unpaired) electrons. The van der Waals surface area contributed by atoms with Crippen molar-refractivity contribution in [1.82, 2.24) is 14.2 Å². The molecule has 0 N–H and O–H groups in total. The molecular weight excluding hydrogens is 404 g/mol. The molecule has 1 fully saturated rings. The SMILES string of the molecule is Cc1cnc2c(S(=O)(=O)N3CCN(Cc4ccc([N+](=O)[O-])cc4)CC3)cccc2c1. The van der Waals surface area contributed by atoms with Gasteiger partial charge in [-0.3, -0.25) is 20.0 Å². The molecule has 1 aliphatic rings. The number of nitrogens with zero attached hydrogens (tertiary/aromatic N) is 4. The fourth-order valence-corrected chi connectivity index (χ4v) is 5.29. The van der Waals surface area contributed by atoms with E-state index in [4.69, 9.17) is 0 Å². The predicted molar refractivity (Wildman–Crippen MR) is 114 cm³/mol. The van der Waals surface area contributed by atoms with Gasteiger partial charge in [-0.2, -0.15) is 4.31 Å². The number of aryl methyl sites for hydroxylation is 1. The lowest BCUT2D eigenvalue weighted by molar-refractivity contribution is -0.384. The van der Waals surface area contributed by atoms with Crippen LogP contribution in [0.2, 0.25) is 0 Å². The largest absolute Gasteiger partial charge is 0.296 e. The monoisotopic (exact) mass is 426 g/mol. The van der Waals surface area contributed by atoms with Crippen LogP contribution in [0.25, 0.3) is 10.9 Å². The summed E-state index contributed by atoms with van der Waals surface area (Å²) in [5.41, 5.74) is 2.51. The highest BCUT2D eigenvalue weighted by molar-refractivity contribution is 7.89. The molecule has 3 aromatic rings. The Hall–Kier alpha value is -2.88. The van der Waals surface area contributed by atoms with Crippen molar-refractivity contribution in [3.05, 3.63) is 76.0 Å². The van der Waals surface area contributed by atoms with Crippen LogP contribution in [0.3, 0.4) is 0 Å². The average Bonchev–Trinajstić information content (AvgIpc) is 2.74. The maximum absolute atomic E-state index is 13.3. The Morgan fingerprint density at radius 2 is 1.77 bits per heavy atom. The summed E-state index contributed by atoms with van der Waals surface area (Å²) in [5, 5.41) is 11.6. The second-order valence-corrected chi connectivity index (χ2v) is 9.35. The fraction of sp³-hybridized carbons (Fsp3) is 0.286. The van der Waals surface area contributed by atoms with Gasteiger partial charge in [0.05, 0.1) is 10.4 Å². The lowest BCUT2D eigenvalue weighted by atomic mass is 10.2. The van der Waals surface area contributed by atoms with E-state index >= 15 is 0 Å². The van der Waals surface area contributed by atoms with E-state index in [0.717, 1.165) is 16.5 Å². The summed E-state index contributed by atoms with van der Waals surface area (Å²) in [6, 6.07) is 13.6. The van der Waals surface area contributed by atoms with Gasteiger partial charge in [-0.05, 0) is 30.2 Å². The molecule has 0 amide bonds. The van der Waals surface area contributed by atoms with Crippen molar-refractivity contribution in [3.8, 4) is 0 Å². The zero-order valence-electron chi connectivity index (χ0n) is 16.6. The van der Waals surface area contributed by atoms with Gasteiger partial charge in [0, 0.05) is 56.4 Å². The summed E-state index contributed by atoms with van der Waals surface area (Å²) in [7, 11) is -3.64. The second-order valence-electron chi connectivity index (χ2n) is 7.44. The zero-order chi connectivity index (χ0) is 21.3. The number of hydrogen-bond acceptors (Lipinski definition) is 6. The summed E-state index contributed by atoms with van der Waals surface area (Å²) < 4.78 is 28.0. The molecule has 0 bridgehead atoms. The van der Waals surface area contributed by atoms with E-state index in [1.165, 1.54) is 16.4 Å². The number of hydrogen-bond donors (Lipinski definition) is 0. The number of para-hydroxylation sites is 1. The van der Waals surface area contributed by atoms with Crippen LogP contribution in [0.15, 0.2) is 59.6 Å². The van der Waals surface area contributed by atoms with Crippen LogP contribution in [0.5, 0.6) is 0 Å². The van der Waals surface area contributed by atoms with Gasteiger partial charge >= 0.3 is 0 Å². The number of aromatic nitrogens is 1. The van der Waals surface area contributed by atoms with Crippen LogP contribution in [-0.2, 0) is 16.6 Å². The zero-order valence-corrected chi connectivity index (χ0v) is 17.4. The van der Waals surface area contributed by atoms with Crippen molar-refractivity contribution in [2.45, 2.75) is 18.4 Å². The minimum absolute atomic E-state index is 0.0635. The highest BCUT2D eigenvalue weighted by Crippen LogP contribution is 2.26. The first kappa shape index (κ1) is 20.4. The van der Waals surface area contributed by atoms with E-state index in [2.05, 4.69) is 9.88 Å². The highest BCUT2D eigenvalue weighted by atomic mass is 32.2. The first-order valence-corrected chi connectivity index (χ1v) is 11.1. The Morgan fingerprint density at radius 3 is 2.43 bits per heavy atom. The van der Waals surface area contributed by atoms with E-state index in [1.54, 1.807) is 30.5 Å². The first-order valence-electron chi connectivity index (χ1n) is 9.66. The van der Waals surface area contributed by atoms with Gasteiger partial charge in [0.2, 0.25) is 10.0 Å². The Labute approximate surface area is 175 Å². The summed E-state index contributed by atoms with van der Waals surface area (Å²) in [5.74, 6) is 0. The third kappa shape index (κ3) is 4.04. The van der Waals surface area contributed by atoms with Crippen LogP contribution >= 0.6 is 0 Å². The normalized spacial score (nSPS) is 16.0. The van der Waals surface area contributed by atoms with Crippen LogP contribution in [0.4, 0.5) is 5.69 Å². The molecule has 1 aliphatic heterocycles. The molecule has 2 heterocycles. The van der Waals surface area contributed by atoms with Crippen molar-refractivity contribution >= 4 is 26.6 Å². The molecule has 1 aromatic heterocycles. The summed E-state index contributed by atoms with van der Waals surface area (Å²) >= 11 is 0. The number of fused-ring (bicyclic) bond motifs is 1. The molecule has 0 spiro atoms. The quantitative estimate of drug-likeness (QED) is 0.460. The van der Waals surface area contributed by atoms with Gasteiger partial charge in [0.1, 0.15) is 4.90 Å². The highest BCUT2D eigenvalue weighted by Gasteiger charge is 2.30. The number of nitro groups is 1. The molecule has 0 aliphatic carbocycles. The fourth-order valence-electron chi connectivity index (χ4n) is 3.70. The number of non-ortho nitro benzene ring substituents is 1. The molecule has 30 heavy (non-hydrogen) atoms. The Balaban J connectivity index is 1.46. The molecule has 0 atom stereocenters. The Bertz CT molecular complexity index is 1190. The van der Waals surface area contributed by atoms with E-state index in [0.29, 0.717) is 38.2 Å². The summed E-state index contributed by atoms with van der Waals surface area (Å²) in [6.45, 7) is 4.51. The summed E-state index contributed by atoms with van der Waals surface area (Å²) in [4.78, 5) is 17.1. The minimum Gasteiger partial charge on any atom is -0.296 e. The second kappa shape index (κ2) is 8.10. The van der Waals surface area contributed by atoms with Gasteiger partial charge in [0.25, 0.3) is 5.69 Å². The molecular formula is C21H22N4O4S. The number of nitro benzene ring substituents is 1. The van der Waals surface area contributed by atoms with Gasteiger partial charge < -0.3 is 0 Å². The third-order valence-corrected chi connectivity index (χ3v) is 7.24. The summed E-state index contributed by atoms with van der Waals surface area (Å²) in [6.07, 6.45) is 1.68. The van der Waals surface area contributed by atoms with Crippen LogP contribution in [-0.4, -0.2) is 53.7 Å². The van der Waals surface area contributed by atoms with Crippen molar-refractivity contribution in [2.75, 3.05) is 26.2 Å². The molecule has 0 unspecified atom stereocenters. The van der Waals surface area contributed by atoms with Crippen molar-refractivity contribution in [1.29, 1.82) is 0 Å². The van der Waals surface area contributed by atoms with Crippen molar-refractivity contribution < 1.29 is 13.3 Å². The van der Waals surface area contributed by atoms with Gasteiger partial charge in [0.15, 0.2) is 0 Å². The lowest BCUT2D eigenvalue weighted by Gasteiger charge is -2.34. The van der Waals surface area contributed by atoms with Crippen LogP contribution in [0.1, 0.15) is 11.1 Å². The number of rotatable bonds is 5. The maximum Gasteiger partial charge on any atom is 0.269 e. The van der Waals surface area contributed by atoms with Crippen LogP contribution < -0.4 is 0 Å². The lowest BCUT2D eigenvalue weighted by Crippen LogP contribution is -2.48. The molecule has 4 rings (SSSR count). The number of pyridine rings is 1. The first-order chi connectivity index (χ1) is 14.3. The Morgan fingerprint density at radius 1 is 1.07 bits per heavy atom. The maximum atomic E-state index is 13.3. The third-order valence-electron chi connectivity index (χ3n) is 5.31. The smallest absolute Gasteiger partial charge is 0.269 e. The Kier molecular flexibility index (Phi) is 5.50. The number of sulfonamides is 1. The minimum atomic E-state index is -3.64. The number of benzene rings is 2. The van der Waals surface area contributed by atoms with Crippen molar-refractivity contribution in [2.24, 2.45) is 0 Å².